The minimum atomic E-state index is -1.00. The maximum Gasteiger partial charge on any atom is 0.354 e. The van der Waals surface area contributed by atoms with Gasteiger partial charge in [-0.3, -0.25) is 4.68 Å². The molecule has 19 heavy (non-hydrogen) atoms. The van der Waals surface area contributed by atoms with Gasteiger partial charge < -0.3 is 5.11 Å². The Morgan fingerprint density at radius 1 is 1.37 bits per heavy atom. The van der Waals surface area contributed by atoms with Crippen molar-refractivity contribution in [3.8, 4) is 0 Å². The Morgan fingerprint density at radius 2 is 2.05 bits per heavy atom. The van der Waals surface area contributed by atoms with E-state index in [1.165, 1.54) is 16.8 Å². The molecule has 0 aliphatic carbocycles. The van der Waals surface area contributed by atoms with Gasteiger partial charge in [-0.1, -0.05) is 25.5 Å². The van der Waals surface area contributed by atoms with E-state index in [1.807, 2.05) is 6.92 Å². The number of aromatic nitrogens is 2. The number of benzene rings is 1. The molecule has 5 heteroatoms. The highest BCUT2D eigenvalue weighted by molar-refractivity contribution is 5.85. The van der Waals surface area contributed by atoms with Crippen LogP contribution in [0.2, 0.25) is 0 Å². The fraction of sp³-hybridized carbons (Fsp3) is 0.286. The van der Waals surface area contributed by atoms with Crippen LogP contribution < -0.4 is 0 Å². The van der Waals surface area contributed by atoms with Crippen LogP contribution in [0.4, 0.5) is 4.39 Å². The van der Waals surface area contributed by atoms with Gasteiger partial charge in [0.15, 0.2) is 0 Å². The molecule has 1 aromatic heterocycles. The van der Waals surface area contributed by atoms with E-state index in [1.54, 1.807) is 18.2 Å². The first-order valence-corrected chi connectivity index (χ1v) is 6.14. The van der Waals surface area contributed by atoms with Crippen molar-refractivity contribution in [2.75, 3.05) is 0 Å². The van der Waals surface area contributed by atoms with Crippen molar-refractivity contribution in [3.63, 3.8) is 0 Å². The fourth-order valence-electron chi connectivity index (χ4n) is 1.90. The zero-order valence-electron chi connectivity index (χ0n) is 10.6. The van der Waals surface area contributed by atoms with Crippen LogP contribution in [0, 0.1) is 5.82 Å². The number of rotatable bonds is 5. The third-order valence-corrected chi connectivity index (χ3v) is 2.80. The van der Waals surface area contributed by atoms with E-state index >= 15 is 0 Å². The van der Waals surface area contributed by atoms with Gasteiger partial charge in [0, 0.05) is 0 Å². The molecule has 100 valence electrons. The molecule has 0 unspecified atom stereocenters. The lowest BCUT2D eigenvalue weighted by molar-refractivity contribution is 0.0684. The van der Waals surface area contributed by atoms with Crippen LogP contribution in [0.1, 0.15) is 35.1 Å². The summed E-state index contributed by atoms with van der Waals surface area (Å²) in [6.07, 6.45) is 1.66. The number of aromatic carboxylic acids is 1. The van der Waals surface area contributed by atoms with Crippen LogP contribution in [-0.4, -0.2) is 20.9 Å². The Kier molecular flexibility index (Phi) is 3.94. The molecule has 0 aliphatic rings. The minimum Gasteiger partial charge on any atom is -0.477 e. The Morgan fingerprint density at radius 3 is 2.63 bits per heavy atom. The van der Waals surface area contributed by atoms with E-state index < -0.39 is 5.97 Å². The first kappa shape index (κ1) is 13.3. The third-order valence-electron chi connectivity index (χ3n) is 2.80. The second kappa shape index (κ2) is 5.65. The number of carbonyl (C=O) groups is 1. The predicted octanol–water partition coefficient (Wildman–Crippen LogP) is 2.72. The highest BCUT2D eigenvalue weighted by Gasteiger charge is 2.14. The number of hydrogen-bond donors (Lipinski definition) is 1. The van der Waals surface area contributed by atoms with Crippen LogP contribution >= 0.6 is 0 Å². The minimum absolute atomic E-state index is 0.160. The van der Waals surface area contributed by atoms with Crippen molar-refractivity contribution in [2.24, 2.45) is 0 Å². The average Bonchev–Trinajstić information content (AvgIpc) is 2.76. The number of halogens is 1. The van der Waals surface area contributed by atoms with E-state index in [4.69, 9.17) is 5.11 Å². The van der Waals surface area contributed by atoms with Crippen LogP contribution in [0.25, 0.3) is 0 Å². The highest BCUT2D eigenvalue weighted by Crippen LogP contribution is 2.11. The highest BCUT2D eigenvalue weighted by atomic mass is 19.1. The average molecular weight is 262 g/mol. The quantitative estimate of drug-likeness (QED) is 0.901. The number of hydrogen-bond acceptors (Lipinski definition) is 2. The normalized spacial score (nSPS) is 10.6. The van der Waals surface area contributed by atoms with Crippen molar-refractivity contribution in [1.29, 1.82) is 0 Å². The van der Waals surface area contributed by atoms with E-state index in [0.717, 1.165) is 24.1 Å². The molecule has 0 spiro atoms. The SMILES string of the molecule is CCCc1cc(C(=O)O)n(Cc2ccc(F)cc2)n1. The summed E-state index contributed by atoms with van der Waals surface area (Å²) in [7, 11) is 0. The van der Waals surface area contributed by atoms with E-state index in [2.05, 4.69) is 5.10 Å². The molecule has 0 fully saturated rings. The standard InChI is InChI=1S/C14H15FN2O2/c1-2-3-12-8-13(14(18)19)17(16-12)9-10-4-6-11(15)7-5-10/h4-8H,2-3,9H2,1H3,(H,18,19). The van der Waals surface area contributed by atoms with Gasteiger partial charge in [-0.2, -0.15) is 5.10 Å². The molecule has 0 radical (unpaired) electrons. The van der Waals surface area contributed by atoms with Gasteiger partial charge in [0.2, 0.25) is 0 Å². The van der Waals surface area contributed by atoms with Crippen LogP contribution in [0.15, 0.2) is 30.3 Å². The van der Waals surface area contributed by atoms with Gasteiger partial charge in [0.1, 0.15) is 11.5 Å². The molecular formula is C14H15FN2O2. The van der Waals surface area contributed by atoms with Gasteiger partial charge >= 0.3 is 5.97 Å². The zero-order valence-corrected chi connectivity index (χ0v) is 10.6. The van der Waals surface area contributed by atoms with Gasteiger partial charge in [0.25, 0.3) is 0 Å². The fourth-order valence-corrected chi connectivity index (χ4v) is 1.90. The Balaban J connectivity index is 2.27. The number of carboxylic acid groups (broad SMARTS) is 1. The lowest BCUT2D eigenvalue weighted by atomic mass is 10.2. The van der Waals surface area contributed by atoms with E-state index in [-0.39, 0.29) is 11.5 Å². The molecule has 1 aromatic carbocycles. The Hall–Kier alpha value is -2.17. The monoisotopic (exact) mass is 262 g/mol. The summed E-state index contributed by atoms with van der Waals surface area (Å²) in [5.74, 6) is -1.31. The molecule has 0 atom stereocenters. The van der Waals surface area contributed by atoms with Gasteiger partial charge in [0.05, 0.1) is 12.2 Å². The van der Waals surface area contributed by atoms with Gasteiger partial charge in [-0.15, -0.1) is 0 Å². The number of nitrogens with zero attached hydrogens (tertiary/aromatic N) is 2. The molecule has 1 N–H and O–H groups in total. The summed E-state index contributed by atoms with van der Waals surface area (Å²) < 4.78 is 14.3. The molecule has 0 saturated carbocycles. The van der Waals surface area contributed by atoms with Crippen LogP contribution in [-0.2, 0) is 13.0 Å². The predicted molar refractivity (Wildman–Crippen MR) is 68.7 cm³/mol. The van der Waals surface area contributed by atoms with Crippen molar-refractivity contribution >= 4 is 5.97 Å². The number of carboxylic acids is 1. The Labute approximate surface area is 110 Å². The van der Waals surface area contributed by atoms with E-state index in [0.29, 0.717) is 6.54 Å². The van der Waals surface area contributed by atoms with Gasteiger partial charge in [-0.25, -0.2) is 9.18 Å². The van der Waals surface area contributed by atoms with E-state index in [9.17, 15) is 9.18 Å². The second-order valence-electron chi connectivity index (χ2n) is 4.36. The molecule has 4 nitrogen and oxygen atoms in total. The second-order valence-corrected chi connectivity index (χ2v) is 4.36. The molecule has 0 aliphatic heterocycles. The van der Waals surface area contributed by atoms with Crippen molar-refractivity contribution in [1.82, 2.24) is 9.78 Å². The molecule has 0 bridgehead atoms. The maximum absolute atomic E-state index is 12.8. The zero-order chi connectivity index (χ0) is 13.8. The maximum atomic E-state index is 12.8. The first-order valence-electron chi connectivity index (χ1n) is 6.14. The molecule has 2 rings (SSSR count). The summed E-state index contributed by atoms with van der Waals surface area (Å²) >= 11 is 0. The molecule has 0 saturated heterocycles. The molecule has 1 heterocycles. The van der Waals surface area contributed by atoms with Crippen molar-refractivity contribution in [3.05, 3.63) is 53.1 Å². The topological polar surface area (TPSA) is 55.1 Å². The summed E-state index contributed by atoms with van der Waals surface area (Å²) in [5.41, 5.74) is 1.74. The van der Waals surface area contributed by atoms with Crippen molar-refractivity contribution in [2.45, 2.75) is 26.3 Å². The van der Waals surface area contributed by atoms with Gasteiger partial charge in [-0.05, 0) is 30.2 Å². The van der Waals surface area contributed by atoms with Crippen LogP contribution in [0.3, 0.4) is 0 Å². The molecule has 0 amide bonds. The summed E-state index contributed by atoms with van der Waals surface area (Å²) in [5, 5.41) is 13.4. The largest absolute Gasteiger partial charge is 0.477 e. The number of aryl methyl sites for hydroxylation is 1. The van der Waals surface area contributed by atoms with Crippen LogP contribution in [0.5, 0.6) is 0 Å². The summed E-state index contributed by atoms with van der Waals surface area (Å²) in [6, 6.07) is 7.55. The Bertz CT molecular complexity index is 576. The summed E-state index contributed by atoms with van der Waals surface area (Å²) in [4.78, 5) is 11.2. The molecule has 2 aromatic rings. The third kappa shape index (κ3) is 3.19. The molecular weight excluding hydrogens is 247 g/mol. The summed E-state index contributed by atoms with van der Waals surface area (Å²) in [6.45, 7) is 2.34. The lowest BCUT2D eigenvalue weighted by Crippen LogP contribution is -2.11. The smallest absolute Gasteiger partial charge is 0.354 e. The van der Waals surface area contributed by atoms with Crippen molar-refractivity contribution < 1.29 is 14.3 Å². The lowest BCUT2D eigenvalue weighted by Gasteiger charge is -2.04. The first-order chi connectivity index (χ1) is 9.10.